The molecule has 0 saturated heterocycles. The van der Waals surface area contributed by atoms with Gasteiger partial charge in [0.25, 0.3) is 0 Å². The average molecular weight is 439 g/mol. The highest BCUT2D eigenvalue weighted by Crippen LogP contribution is 2.31. The van der Waals surface area contributed by atoms with Gasteiger partial charge in [-0.3, -0.25) is 9.59 Å². The number of amides is 2. The van der Waals surface area contributed by atoms with E-state index in [1.165, 1.54) is 16.7 Å². The number of carbonyl (C=O) groups is 3. The monoisotopic (exact) mass is 438 g/mol. The van der Waals surface area contributed by atoms with Crippen LogP contribution in [0.5, 0.6) is 0 Å². The van der Waals surface area contributed by atoms with Gasteiger partial charge in [0.2, 0.25) is 11.8 Å². The summed E-state index contributed by atoms with van der Waals surface area (Å²) in [7, 11) is 0. The molecule has 0 fully saturated rings. The first kappa shape index (κ1) is 20.9. The number of nitrogens with one attached hydrogen (secondary N) is 1. The van der Waals surface area contributed by atoms with Crippen LogP contribution in [0.15, 0.2) is 47.6 Å². The number of para-hydroxylation sites is 2. The van der Waals surface area contributed by atoms with Gasteiger partial charge in [-0.05, 0) is 44.2 Å². The van der Waals surface area contributed by atoms with E-state index in [0.29, 0.717) is 40.8 Å². The van der Waals surface area contributed by atoms with E-state index >= 15 is 0 Å². The number of imidazole rings is 1. The Morgan fingerprint density at radius 3 is 2.77 bits per heavy atom. The molecule has 2 amide bonds. The SMILES string of the molecule is CCOC(=O)c1ccc2c(c1)nc(SCC(=O)N1CC(=O)Nc3ccccc31)n2CC. The Morgan fingerprint density at radius 1 is 1.19 bits per heavy atom. The van der Waals surface area contributed by atoms with E-state index in [2.05, 4.69) is 10.3 Å². The van der Waals surface area contributed by atoms with Gasteiger partial charge in [0, 0.05) is 6.54 Å². The summed E-state index contributed by atoms with van der Waals surface area (Å²) in [6.07, 6.45) is 0. The molecule has 1 N–H and O–H groups in total. The van der Waals surface area contributed by atoms with Crippen LogP contribution in [0.3, 0.4) is 0 Å². The maximum atomic E-state index is 12.9. The van der Waals surface area contributed by atoms with Crippen LogP contribution in [0, 0.1) is 0 Å². The van der Waals surface area contributed by atoms with Crippen LogP contribution in [0.4, 0.5) is 11.4 Å². The van der Waals surface area contributed by atoms with Crippen molar-refractivity contribution in [2.45, 2.75) is 25.5 Å². The lowest BCUT2D eigenvalue weighted by molar-refractivity contribution is -0.120. The minimum Gasteiger partial charge on any atom is -0.462 e. The van der Waals surface area contributed by atoms with E-state index in [0.717, 1.165) is 5.52 Å². The molecule has 2 aromatic carbocycles. The zero-order valence-electron chi connectivity index (χ0n) is 17.3. The number of thioether (sulfide) groups is 1. The summed E-state index contributed by atoms with van der Waals surface area (Å²) in [6, 6.07) is 12.5. The van der Waals surface area contributed by atoms with Crippen LogP contribution in [-0.4, -0.2) is 46.2 Å². The molecule has 31 heavy (non-hydrogen) atoms. The van der Waals surface area contributed by atoms with Crippen LogP contribution < -0.4 is 10.2 Å². The molecule has 3 aromatic rings. The molecule has 0 radical (unpaired) electrons. The van der Waals surface area contributed by atoms with Crippen molar-refractivity contribution >= 4 is 52.0 Å². The molecular weight excluding hydrogens is 416 g/mol. The number of hydrogen-bond acceptors (Lipinski definition) is 6. The predicted molar refractivity (Wildman–Crippen MR) is 120 cm³/mol. The molecule has 0 atom stereocenters. The van der Waals surface area contributed by atoms with Gasteiger partial charge < -0.3 is 19.5 Å². The Bertz CT molecular complexity index is 1170. The summed E-state index contributed by atoms with van der Waals surface area (Å²) >= 11 is 1.31. The van der Waals surface area contributed by atoms with Gasteiger partial charge in [-0.15, -0.1) is 0 Å². The molecule has 0 aliphatic carbocycles. The molecule has 0 unspecified atom stereocenters. The molecule has 4 rings (SSSR count). The summed E-state index contributed by atoms with van der Waals surface area (Å²) < 4.78 is 7.06. The number of benzene rings is 2. The third-order valence-corrected chi connectivity index (χ3v) is 5.90. The van der Waals surface area contributed by atoms with Crippen molar-refractivity contribution in [3.8, 4) is 0 Å². The first-order chi connectivity index (χ1) is 15.0. The van der Waals surface area contributed by atoms with Crippen molar-refractivity contribution in [1.82, 2.24) is 9.55 Å². The van der Waals surface area contributed by atoms with Gasteiger partial charge in [0.1, 0.15) is 6.54 Å². The van der Waals surface area contributed by atoms with Crippen LogP contribution >= 0.6 is 11.8 Å². The lowest BCUT2D eigenvalue weighted by Crippen LogP contribution is -2.43. The van der Waals surface area contributed by atoms with E-state index in [-0.39, 0.29) is 30.1 Å². The van der Waals surface area contributed by atoms with E-state index in [4.69, 9.17) is 4.74 Å². The number of ether oxygens (including phenoxy) is 1. The lowest BCUT2D eigenvalue weighted by atomic mass is 10.2. The quantitative estimate of drug-likeness (QED) is 0.469. The summed E-state index contributed by atoms with van der Waals surface area (Å²) in [5.41, 5.74) is 3.32. The maximum absolute atomic E-state index is 12.9. The first-order valence-corrected chi connectivity index (χ1v) is 11.0. The van der Waals surface area contributed by atoms with Gasteiger partial charge in [0.15, 0.2) is 5.16 Å². The molecular formula is C22H22N4O4S. The Balaban J connectivity index is 1.55. The molecule has 1 aromatic heterocycles. The minimum absolute atomic E-state index is 0.0104. The van der Waals surface area contributed by atoms with Gasteiger partial charge in [0.05, 0.1) is 40.3 Å². The number of anilines is 2. The fourth-order valence-corrected chi connectivity index (χ4v) is 4.48. The lowest BCUT2D eigenvalue weighted by Gasteiger charge is -2.29. The van der Waals surface area contributed by atoms with Crippen molar-refractivity contribution < 1.29 is 19.1 Å². The number of esters is 1. The average Bonchev–Trinajstić information content (AvgIpc) is 3.13. The maximum Gasteiger partial charge on any atom is 0.338 e. The summed E-state index contributed by atoms with van der Waals surface area (Å²) in [6.45, 7) is 4.72. The molecule has 0 bridgehead atoms. The van der Waals surface area contributed by atoms with E-state index in [1.807, 2.05) is 35.8 Å². The van der Waals surface area contributed by atoms with Crippen LogP contribution in [-0.2, 0) is 20.9 Å². The van der Waals surface area contributed by atoms with Crippen LogP contribution in [0.2, 0.25) is 0 Å². The number of hydrogen-bond donors (Lipinski definition) is 1. The number of carbonyl (C=O) groups excluding carboxylic acids is 3. The van der Waals surface area contributed by atoms with Crippen LogP contribution in [0.1, 0.15) is 24.2 Å². The molecule has 0 saturated carbocycles. The van der Waals surface area contributed by atoms with E-state index in [1.54, 1.807) is 25.1 Å². The van der Waals surface area contributed by atoms with Crippen molar-refractivity contribution in [2.75, 3.05) is 29.1 Å². The molecule has 0 spiro atoms. The summed E-state index contributed by atoms with van der Waals surface area (Å²) in [4.78, 5) is 43.1. The number of aromatic nitrogens is 2. The number of nitrogens with zero attached hydrogens (tertiary/aromatic N) is 3. The fourth-order valence-electron chi connectivity index (χ4n) is 3.52. The third-order valence-electron chi connectivity index (χ3n) is 4.94. The summed E-state index contributed by atoms with van der Waals surface area (Å²) in [5.74, 6) is -0.643. The molecule has 1 aliphatic rings. The van der Waals surface area contributed by atoms with Crippen molar-refractivity contribution in [2.24, 2.45) is 0 Å². The van der Waals surface area contributed by atoms with Crippen molar-refractivity contribution in [3.05, 3.63) is 48.0 Å². The predicted octanol–water partition coefficient (Wildman–Crippen LogP) is 3.31. The third kappa shape index (κ3) is 4.13. The minimum atomic E-state index is -0.387. The standard InChI is InChI=1S/C22H22N4O4S/c1-3-25-18-10-9-14(21(29)30-4-2)11-16(18)24-22(25)31-13-20(28)26-12-19(27)23-15-7-5-6-8-17(15)26/h5-11H,3-4,12-13H2,1-2H3,(H,23,27). The second-order valence-corrected chi connectivity index (χ2v) is 7.84. The molecule has 2 heterocycles. The molecule has 8 nitrogen and oxygen atoms in total. The summed E-state index contributed by atoms with van der Waals surface area (Å²) in [5, 5.41) is 3.47. The fraction of sp³-hybridized carbons (Fsp3) is 0.273. The zero-order valence-corrected chi connectivity index (χ0v) is 18.1. The molecule has 160 valence electrons. The second kappa shape index (κ2) is 8.81. The topological polar surface area (TPSA) is 93.5 Å². The highest BCUT2D eigenvalue weighted by atomic mass is 32.2. The van der Waals surface area contributed by atoms with Gasteiger partial charge in [-0.2, -0.15) is 0 Å². The Labute approximate surface area is 183 Å². The highest BCUT2D eigenvalue weighted by molar-refractivity contribution is 7.99. The second-order valence-electron chi connectivity index (χ2n) is 6.90. The van der Waals surface area contributed by atoms with E-state index < -0.39 is 0 Å². The normalized spacial score (nSPS) is 13.1. The van der Waals surface area contributed by atoms with Crippen LogP contribution in [0.25, 0.3) is 11.0 Å². The number of rotatable bonds is 6. The van der Waals surface area contributed by atoms with Gasteiger partial charge in [-0.25, -0.2) is 9.78 Å². The largest absolute Gasteiger partial charge is 0.462 e. The Hall–Kier alpha value is -3.33. The number of fused-ring (bicyclic) bond motifs is 2. The number of aryl methyl sites for hydroxylation is 1. The Morgan fingerprint density at radius 2 is 2.00 bits per heavy atom. The van der Waals surface area contributed by atoms with E-state index in [9.17, 15) is 14.4 Å². The first-order valence-electron chi connectivity index (χ1n) is 10.0. The zero-order chi connectivity index (χ0) is 22.0. The van der Waals surface area contributed by atoms with Crippen molar-refractivity contribution in [1.29, 1.82) is 0 Å². The van der Waals surface area contributed by atoms with Gasteiger partial charge >= 0.3 is 5.97 Å². The molecule has 1 aliphatic heterocycles. The highest BCUT2D eigenvalue weighted by Gasteiger charge is 2.27. The van der Waals surface area contributed by atoms with Crippen molar-refractivity contribution in [3.63, 3.8) is 0 Å². The Kier molecular flexibility index (Phi) is 5.94. The van der Waals surface area contributed by atoms with Gasteiger partial charge in [-0.1, -0.05) is 23.9 Å². The molecule has 9 heteroatoms. The smallest absolute Gasteiger partial charge is 0.338 e.